The summed E-state index contributed by atoms with van der Waals surface area (Å²) in [6, 6.07) is 0. The summed E-state index contributed by atoms with van der Waals surface area (Å²) in [6.07, 6.45) is 0.593. The smallest absolute Gasteiger partial charge is 0.324 e. The quantitative estimate of drug-likeness (QED) is 0.531. The summed E-state index contributed by atoms with van der Waals surface area (Å²) in [6.45, 7) is 3.72. The van der Waals surface area contributed by atoms with Crippen LogP contribution in [0.4, 0.5) is 0 Å². The molecule has 1 atom stereocenters. The van der Waals surface area contributed by atoms with Crippen molar-refractivity contribution in [1.82, 2.24) is 0 Å². The molecule has 1 fully saturated rings. The summed E-state index contributed by atoms with van der Waals surface area (Å²) in [4.78, 5) is 10.4. The maximum absolute atomic E-state index is 10.4. The molecule has 1 saturated carbocycles. The summed E-state index contributed by atoms with van der Waals surface area (Å²) in [5, 5.41) is 8.52. The van der Waals surface area contributed by atoms with E-state index in [-0.39, 0.29) is 5.41 Å². The van der Waals surface area contributed by atoms with E-state index in [0.29, 0.717) is 6.42 Å². The second-order valence-electron chi connectivity index (χ2n) is 3.34. The van der Waals surface area contributed by atoms with Crippen LogP contribution in [0.25, 0.3) is 0 Å². The van der Waals surface area contributed by atoms with Crippen molar-refractivity contribution >= 4 is 5.97 Å². The third kappa shape index (κ3) is 0.645. The molecular formula is C6H11NO2. The second kappa shape index (κ2) is 1.29. The highest BCUT2D eigenvalue weighted by molar-refractivity contribution is 5.84. The SMILES string of the molecule is CC1(C)C[C@@]1(N)C(=O)O. The van der Waals surface area contributed by atoms with Gasteiger partial charge in [-0.25, -0.2) is 0 Å². The first-order chi connectivity index (χ1) is 3.90. The number of hydrogen-bond acceptors (Lipinski definition) is 2. The van der Waals surface area contributed by atoms with Crippen LogP contribution in [0.2, 0.25) is 0 Å². The van der Waals surface area contributed by atoms with E-state index in [2.05, 4.69) is 0 Å². The number of hydrogen-bond donors (Lipinski definition) is 2. The van der Waals surface area contributed by atoms with Crippen LogP contribution in [-0.4, -0.2) is 16.6 Å². The van der Waals surface area contributed by atoms with Gasteiger partial charge in [0, 0.05) is 0 Å². The van der Waals surface area contributed by atoms with E-state index in [9.17, 15) is 4.79 Å². The maximum atomic E-state index is 10.4. The fourth-order valence-corrected chi connectivity index (χ4v) is 1.02. The average Bonchev–Trinajstić information content (AvgIpc) is 2.08. The van der Waals surface area contributed by atoms with E-state index in [1.165, 1.54) is 0 Å². The summed E-state index contributed by atoms with van der Waals surface area (Å²) in [5.41, 5.74) is 4.33. The molecule has 1 rings (SSSR count). The first-order valence-corrected chi connectivity index (χ1v) is 2.92. The standard InChI is InChI=1S/C6H11NO2/c1-5(2)3-6(5,7)4(8)9/h3,7H2,1-2H3,(H,8,9)/t6-/m1/s1. The molecule has 0 spiro atoms. The lowest BCUT2D eigenvalue weighted by atomic mass is 10.1. The molecule has 0 saturated heterocycles. The first-order valence-electron chi connectivity index (χ1n) is 2.92. The number of carbonyl (C=O) groups is 1. The monoisotopic (exact) mass is 129 g/mol. The third-order valence-electron chi connectivity index (χ3n) is 2.19. The van der Waals surface area contributed by atoms with Crippen LogP contribution >= 0.6 is 0 Å². The molecule has 9 heavy (non-hydrogen) atoms. The largest absolute Gasteiger partial charge is 0.480 e. The zero-order valence-corrected chi connectivity index (χ0v) is 5.64. The molecule has 0 heterocycles. The third-order valence-corrected chi connectivity index (χ3v) is 2.19. The topological polar surface area (TPSA) is 63.3 Å². The molecule has 0 unspecified atom stereocenters. The van der Waals surface area contributed by atoms with Gasteiger partial charge in [0.25, 0.3) is 0 Å². The Morgan fingerprint density at radius 3 is 2.00 bits per heavy atom. The van der Waals surface area contributed by atoms with E-state index in [4.69, 9.17) is 10.8 Å². The Bertz CT molecular complexity index is 164. The molecule has 0 bridgehead atoms. The van der Waals surface area contributed by atoms with Gasteiger partial charge in [-0.3, -0.25) is 4.79 Å². The molecule has 1 aliphatic carbocycles. The van der Waals surface area contributed by atoms with Gasteiger partial charge in [-0.15, -0.1) is 0 Å². The van der Waals surface area contributed by atoms with Crippen molar-refractivity contribution in [3.05, 3.63) is 0 Å². The molecule has 0 aromatic rings. The maximum Gasteiger partial charge on any atom is 0.324 e. The van der Waals surface area contributed by atoms with Crippen LogP contribution in [0, 0.1) is 5.41 Å². The van der Waals surface area contributed by atoms with Crippen molar-refractivity contribution in [2.75, 3.05) is 0 Å². The van der Waals surface area contributed by atoms with Crippen LogP contribution < -0.4 is 5.73 Å². The molecule has 52 valence electrons. The van der Waals surface area contributed by atoms with E-state index in [1.807, 2.05) is 13.8 Å². The van der Waals surface area contributed by atoms with E-state index in [0.717, 1.165) is 0 Å². The van der Waals surface area contributed by atoms with Crippen molar-refractivity contribution in [3.63, 3.8) is 0 Å². The van der Waals surface area contributed by atoms with Crippen LogP contribution in [0.5, 0.6) is 0 Å². The van der Waals surface area contributed by atoms with Gasteiger partial charge in [-0.2, -0.15) is 0 Å². The fraction of sp³-hybridized carbons (Fsp3) is 0.833. The normalized spacial score (nSPS) is 38.1. The highest BCUT2D eigenvalue weighted by Gasteiger charge is 2.64. The molecule has 0 aromatic heterocycles. The Morgan fingerprint density at radius 2 is 2.00 bits per heavy atom. The minimum Gasteiger partial charge on any atom is -0.480 e. The Labute approximate surface area is 53.9 Å². The molecule has 0 radical (unpaired) electrons. The Kier molecular flexibility index (Phi) is 0.939. The molecule has 3 nitrogen and oxygen atoms in total. The summed E-state index contributed by atoms with van der Waals surface area (Å²) < 4.78 is 0. The fourth-order valence-electron chi connectivity index (χ4n) is 1.02. The van der Waals surface area contributed by atoms with Crippen molar-refractivity contribution in [1.29, 1.82) is 0 Å². The average molecular weight is 129 g/mol. The molecule has 3 heteroatoms. The lowest BCUT2D eigenvalue weighted by molar-refractivity contribution is -0.140. The van der Waals surface area contributed by atoms with Gasteiger partial charge in [-0.1, -0.05) is 13.8 Å². The molecule has 0 amide bonds. The number of nitrogens with two attached hydrogens (primary N) is 1. The Morgan fingerprint density at radius 1 is 1.67 bits per heavy atom. The van der Waals surface area contributed by atoms with Gasteiger partial charge < -0.3 is 10.8 Å². The lowest BCUT2D eigenvalue weighted by Gasteiger charge is -2.07. The predicted molar refractivity (Wildman–Crippen MR) is 33.0 cm³/mol. The molecule has 0 aliphatic heterocycles. The van der Waals surface area contributed by atoms with Crippen molar-refractivity contribution in [3.8, 4) is 0 Å². The van der Waals surface area contributed by atoms with Gasteiger partial charge in [0.15, 0.2) is 0 Å². The minimum absolute atomic E-state index is 0.196. The van der Waals surface area contributed by atoms with Gasteiger partial charge >= 0.3 is 5.97 Å². The first kappa shape index (κ1) is 6.55. The zero-order valence-electron chi connectivity index (χ0n) is 5.64. The molecule has 0 aromatic carbocycles. The molecular weight excluding hydrogens is 118 g/mol. The minimum atomic E-state index is -0.938. The van der Waals surface area contributed by atoms with Crippen molar-refractivity contribution in [2.45, 2.75) is 25.8 Å². The Hall–Kier alpha value is -0.570. The van der Waals surface area contributed by atoms with Gasteiger partial charge in [0.05, 0.1) is 0 Å². The summed E-state index contributed by atoms with van der Waals surface area (Å²) in [7, 11) is 0. The molecule has 3 N–H and O–H groups in total. The summed E-state index contributed by atoms with van der Waals surface area (Å²) in [5.74, 6) is -0.882. The van der Waals surface area contributed by atoms with Gasteiger partial charge in [0.2, 0.25) is 0 Å². The van der Waals surface area contributed by atoms with Gasteiger partial charge in [0.1, 0.15) is 5.54 Å². The van der Waals surface area contributed by atoms with E-state index >= 15 is 0 Å². The van der Waals surface area contributed by atoms with E-state index < -0.39 is 11.5 Å². The van der Waals surface area contributed by atoms with Crippen LogP contribution in [0.15, 0.2) is 0 Å². The number of carboxylic acids is 1. The number of rotatable bonds is 1. The van der Waals surface area contributed by atoms with Crippen molar-refractivity contribution < 1.29 is 9.90 Å². The highest BCUT2D eigenvalue weighted by atomic mass is 16.4. The van der Waals surface area contributed by atoms with Gasteiger partial charge in [-0.05, 0) is 11.8 Å². The number of carboxylic acid groups (broad SMARTS) is 1. The summed E-state index contributed by atoms with van der Waals surface area (Å²) >= 11 is 0. The second-order valence-corrected chi connectivity index (χ2v) is 3.34. The molecule has 1 aliphatic rings. The van der Waals surface area contributed by atoms with Crippen LogP contribution in [0.1, 0.15) is 20.3 Å². The van der Waals surface area contributed by atoms with Crippen molar-refractivity contribution in [2.24, 2.45) is 11.1 Å². The highest BCUT2D eigenvalue weighted by Crippen LogP contribution is 2.53. The number of aliphatic carboxylic acids is 1. The van der Waals surface area contributed by atoms with Crippen LogP contribution in [-0.2, 0) is 4.79 Å². The van der Waals surface area contributed by atoms with Crippen LogP contribution in [0.3, 0.4) is 0 Å². The zero-order chi connectivity index (χ0) is 7.28. The lowest BCUT2D eigenvalue weighted by Crippen LogP contribution is -2.37. The van der Waals surface area contributed by atoms with E-state index in [1.54, 1.807) is 0 Å². The Balaban J connectivity index is 2.74. The predicted octanol–water partition coefficient (Wildman–Crippen LogP) is 0.198.